The van der Waals surface area contributed by atoms with Gasteiger partial charge in [0.25, 0.3) is 5.89 Å². The van der Waals surface area contributed by atoms with Crippen LogP contribution in [0, 0.1) is 6.92 Å². The Morgan fingerprint density at radius 3 is 2.71 bits per heavy atom. The topological polar surface area (TPSA) is 74.2 Å². The molecular weight excluding hydrogens is 270 g/mol. The molecule has 1 aromatic carbocycles. The Balaban J connectivity index is 1.72. The van der Waals surface area contributed by atoms with E-state index >= 15 is 0 Å². The van der Waals surface area contributed by atoms with Crippen LogP contribution in [0.3, 0.4) is 0 Å². The van der Waals surface area contributed by atoms with Gasteiger partial charge in [0.15, 0.2) is 0 Å². The van der Waals surface area contributed by atoms with Crippen LogP contribution < -0.4 is 4.74 Å². The van der Waals surface area contributed by atoms with Gasteiger partial charge in [-0.05, 0) is 25.5 Å². The van der Waals surface area contributed by atoms with Crippen LogP contribution in [0.15, 0.2) is 39.3 Å². The highest BCUT2D eigenvalue weighted by Gasteiger charge is 2.14. The molecule has 0 saturated carbocycles. The summed E-state index contributed by atoms with van der Waals surface area (Å²) in [5, 5.41) is 11.8. The Morgan fingerprint density at radius 1 is 1.14 bits per heavy atom. The smallest absolute Gasteiger partial charge is 0.415 e. The van der Waals surface area contributed by atoms with E-state index in [2.05, 4.69) is 15.4 Å². The minimum Gasteiger partial charge on any atom is -0.444 e. The second-order valence-corrected chi connectivity index (χ2v) is 4.55. The van der Waals surface area contributed by atoms with E-state index in [1.54, 1.807) is 0 Å². The maximum absolute atomic E-state index is 5.54. The predicted octanol–water partition coefficient (Wildman–Crippen LogP) is 3.17. The zero-order valence-electron chi connectivity index (χ0n) is 11.9. The summed E-state index contributed by atoms with van der Waals surface area (Å²) in [5.74, 6) is 1.18. The molecule has 0 aliphatic rings. The third-order valence-corrected chi connectivity index (χ3v) is 3.17. The molecule has 2 heterocycles. The zero-order chi connectivity index (χ0) is 14.7. The number of ether oxygens (including phenoxy) is 1. The zero-order valence-corrected chi connectivity index (χ0v) is 11.9. The highest BCUT2D eigenvalue weighted by molar-refractivity contribution is 5.51. The molecule has 0 N–H and O–H groups in total. The third-order valence-electron chi connectivity index (χ3n) is 3.17. The molecule has 3 rings (SSSR count). The monoisotopic (exact) mass is 285 g/mol. The van der Waals surface area contributed by atoms with Crippen molar-refractivity contribution in [2.75, 3.05) is 0 Å². The number of benzene rings is 1. The predicted molar refractivity (Wildman–Crippen MR) is 74.7 cm³/mol. The average molecular weight is 285 g/mol. The maximum atomic E-state index is 5.54. The number of aromatic nitrogens is 3. The fraction of sp³-hybridized carbons (Fsp3) is 0.267. The molecule has 0 atom stereocenters. The fourth-order valence-corrected chi connectivity index (χ4v) is 2.00. The van der Waals surface area contributed by atoms with E-state index in [-0.39, 0.29) is 6.08 Å². The van der Waals surface area contributed by atoms with Gasteiger partial charge in [0.2, 0.25) is 0 Å². The van der Waals surface area contributed by atoms with Crippen LogP contribution in [0.4, 0.5) is 0 Å². The number of nitrogens with zero attached hydrogens (tertiary/aromatic N) is 3. The first kappa shape index (κ1) is 13.4. The van der Waals surface area contributed by atoms with Crippen molar-refractivity contribution in [3.63, 3.8) is 0 Å². The van der Waals surface area contributed by atoms with E-state index < -0.39 is 0 Å². The molecule has 0 radical (unpaired) electrons. The number of aryl methyl sites for hydroxylation is 2. The van der Waals surface area contributed by atoms with Crippen molar-refractivity contribution in [3.8, 4) is 17.5 Å². The lowest BCUT2D eigenvalue weighted by Gasteiger charge is -2.00. The van der Waals surface area contributed by atoms with E-state index in [0.29, 0.717) is 12.5 Å². The molecule has 0 spiro atoms. The lowest BCUT2D eigenvalue weighted by atomic mass is 10.2. The van der Waals surface area contributed by atoms with Crippen LogP contribution in [-0.2, 0) is 13.0 Å². The second-order valence-electron chi connectivity index (χ2n) is 4.55. The van der Waals surface area contributed by atoms with Crippen molar-refractivity contribution in [2.24, 2.45) is 0 Å². The summed E-state index contributed by atoms with van der Waals surface area (Å²) < 4.78 is 16.2. The van der Waals surface area contributed by atoms with E-state index in [9.17, 15) is 0 Å². The first-order valence-electron chi connectivity index (χ1n) is 6.73. The molecule has 6 nitrogen and oxygen atoms in total. The van der Waals surface area contributed by atoms with Crippen LogP contribution in [-0.4, -0.2) is 15.4 Å². The largest absolute Gasteiger partial charge is 0.444 e. The van der Waals surface area contributed by atoms with Crippen molar-refractivity contribution in [1.82, 2.24) is 15.4 Å². The van der Waals surface area contributed by atoms with Gasteiger partial charge in [-0.3, -0.25) is 0 Å². The minimum absolute atomic E-state index is 0.136. The van der Waals surface area contributed by atoms with Crippen LogP contribution in [0.25, 0.3) is 11.5 Å². The molecule has 108 valence electrons. The summed E-state index contributed by atoms with van der Waals surface area (Å²) in [4.78, 5) is 0. The molecule has 0 bridgehead atoms. The van der Waals surface area contributed by atoms with Crippen molar-refractivity contribution >= 4 is 0 Å². The Hall–Kier alpha value is -2.63. The summed E-state index contributed by atoms with van der Waals surface area (Å²) in [5.41, 5.74) is 2.67. The number of hydrogen-bond acceptors (Lipinski definition) is 6. The lowest BCUT2D eigenvalue weighted by molar-refractivity contribution is 0.220. The molecule has 0 fully saturated rings. The van der Waals surface area contributed by atoms with Crippen LogP contribution in [0.5, 0.6) is 6.08 Å². The number of rotatable bonds is 5. The van der Waals surface area contributed by atoms with E-state index in [4.69, 9.17) is 13.7 Å². The molecule has 0 aliphatic carbocycles. The summed E-state index contributed by atoms with van der Waals surface area (Å²) in [6, 6.07) is 9.55. The molecule has 2 aromatic heterocycles. The van der Waals surface area contributed by atoms with Gasteiger partial charge in [0, 0.05) is 5.56 Å². The Labute approximate surface area is 121 Å². The Kier molecular flexibility index (Phi) is 3.68. The summed E-state index contributed by atoms with van der Waals surface area (Å²) in [6.07, 6.45) is 0.922. The molecule has 0 unspecified atom stereocenters. The van der Waals surface area contributed by atoms with Gasteiger partial charge in [-0.15, -0.1) is 5.10 Å². The van der Waals surface area contributed by atoms with Gasteiger partial charge in [-0.2, -0.15) is 0 Å². The first-order valence-corrected chi connectivity index (χ1v) is 6.73. The summed E-state index contributed by atoms with van der Waals surface area (Å²) >= 11 is 0. The van der Waals surface area contributed by atoms with Crippen molar-refractivity contribution in [2.45, 2.75) is 26.9 Å². The second kappa shape index (κ2) is 5.78. The molecule has 0 saturated heterocycles. The lowest BCUT2D eigenvalue weighted by Crippen LogP contribution is -1.99. The molecule has 0 amide bonds. The molecule has 0 aliphatic heterocycles. The van der Waals surface area contributed by atoms with Crippen molar-refractivity contribution < 1.29 is 13.7 Å². The normalized spacial score (nSPS) is 10.8. The SMILES string of the molecule is CCc1noc(C)c1COc1nnc(-c2ccccc2)o1. The molecule has 6 heteroatoms. The van der Waals surface area contributed by atoms with Crippen molar-refractivity contribution in [1.29, 1.82) is 0 Å². The molecule has 21 heavy (non-hydrogen) atoms. The highest BCUT2D eigenvalue weighted by atomic mass is 16.6. The molecular formula is C15H15N3O3. The van der Waals surface area contributed by atoms with Gasteiger partial charge >= 0.3 is 6.08 Å². The van der Waals surface area contributed by atoms with Gasteiger partial charge in [0.05, 0.1) is 11.3 Å². The van der Waals surface area contributed by atoms with Crippen molar-refractivity contribution in [3.05, 3.63) is 47.3 Å². The standard InChI is InChI=1S/C15H15N3O3/c1-3-13-12(10(2)21-18-13)9-19-15-17-16-14(20-15)11-7-5-4-6-8-11/h4-8H,3,9H2,1-2H3. The highest BCUT2D eigenvalue weighted by Crippen LogP contribution is 2.22. The van der Waals surface area contributed by atoms with E-state index in [1.807, 2.05) is 44.2 Å². The van der Waals surface area contributed by atoms with Gasteiger partial charge in [-0.25, -0.2) is 0 Å². The third kappa shape index (κ3) is 2.79. The first-order chi connectivity index (χ1) is 10.3. The van der Waals surface area contributed by atoms with Gasteiger partial charge in [-0.1, -0.05) is 35.4 Å². The van der Waals surface area contributed by atoms with Gasteiger partial charge < -0.3 is 13.7 Å². The minimum atomic E-state index is 0.136. The summed E-state index contributed by atoms with van der Waals surface area (Å²) in [6.45, 7) is 4.17. The Bertz CT molecular complexity index is 719. The average Bonchev–Trinajstić information content (AvgIpc) is 3.13. The quantitative estimate of drug-likeness (QED) is 0.716. The fourth-order valence-electron chi connectivity index (χ4n) is 2.00. The van der Waals surface area contributed by atoms with Crippen LogP contribution in [0.2, 0.25) is 0 Å². The summed E-state index contributed by atoms with van der Waals surface area (Å²) in [7, 11) is 0. The van der Waals surface area contributed by atoms with Crippen LogP contribution >= 0.6 is 0 Å². The molecule has 3 aromatic rings. The van der Waals surface area contributed by atoms with E-state index in [1.165, 1.54) is 0 Å². The maximum Gasteiger partial charge on any atom is 0.415 e. The number of hydrogen-bond donors (Lipinski definition) is 0. The van der Waals surface area contributed by atoms with Gasteiger partial charge in [0.1, 0.15) is 12.4 Å². The van der Waals surface area contributed by atoms with E-state index in [0.717, 1.165) is 29.0 Å². The Morgan fingerprint density at radius 2 is 1.95 bits per heavy atom. The van der Waals surface area contributed by atoms with Crippen LogP contribution in [0.1, 0.15) is 23.9 Å².